The first-order valence-corrected chi connectivity index (χ1v) is 6.76. The van der Waals surface area contributed by atoms with Crippen molar-refractivity contribution in [1.82, 2.24) is 9.78 Å². The highest BCUT2D eigenvalue weighted by Gasteiger charge is 2.14. The Bertz CT molecular complexity index is 563. The molecule has 0 radical (unpaired) electrons. The van der Waals surface area contributed by atoms with Gasteiger partial charge in [-0.05, 0) is 19.4 Å². The van der Waals surface area contributed by atoms with Crippen LogP contribution in [-0.2, 0) is 0 Å². The fourth-order valence-corrected chi connectivity index (χ4v) is 2.24. The normalized spacial score (nSPS) is 12.4. The van der Waals surface area contributed by atoms with Crippen LogP contribution in [0.15, 0.2) is 34.9 Å². The molecule has 1 aromatic carbocycles. The number of halogens is 1. The lowest BCUT2D eigenvalue weighted by Gasteiger charge is -2.08. The van der Waals surface area contributed by atoms with Gasteiger partial charge in [0.15, 0.2) is 6.29 Å². The fourth-order valence-electron chi connectivity index (χ4n) is 1.77. The van der Waals surface area contributed by atoms with Crippen LogP contribution in [0.5, 0.6) is 0 Å². The lowest BCUT2D eigenvalue weighted by atomic mass is 10.1. The summed E-state index contributed by atoms with van der Waals surface area (Å²) in [4.78, 5) is 11.2. The van der Waals surface area contributed by atoms with Gasteiger partial charge in [-0.3, -0.25) is 9.48 Å². The van der Waals surface area contributed by atoms with Gasteiger partial charge in [-0.2, -0.15) is 5.10 Å². The van der Waals surface area contributed by atoms with Gasteiger partial charge in [-0.25, -0.2) is 0 Å². The Morgan fingerprint density at radius 1 is 1.44 bits per heavy atom. The van der Waals surface area contributed by atoms with Crippen molar-refractivity contribution in [2.24, 2.45) is 0 Å². The van der Waals surface area contributed by atoms with Crippen LogP contribution in [0.4, 0.5) is 0 Å². The van der Waals surface area contributed by atoms with Gasteiger partial charge in [0.1, 0.15) is 5.69 Å². The van der Waals surface area contributed by atoms with E-state index in [2.05, 4.69) is 34.9 Å². The average molecular weight is 307 g/mol. The zero-order valence-electron chi connectivity index (χ0n) is 10.4. The summed E-state index contributed by atoms with van der Waals surface area (Å²) in [5.41, 5.74) is 2.31. The molecule has 0 aliphatic rings. The van der Waals surface area contributed by atoms with Crippen LogP contribution in [0.25, 0.3) is 11.3 Å². The zero-order chi connectivity index (χ0) is 13.1. The van der Waals surface area contributed by atoms with E-state index >= 15 is 0 Å². The van der Waals surface area contributed by atoms with Crippen molar-refractivity contribution < 1.29 is 4.79 Å². The van der Waals surface area contributed by atoms with Gasteiger partial charge < -0.3 is 0 Å². The van der Waals surface area contributed by atoms with E-state index in [0.29, 0.717) is 11.6 Å². The Morgan fingerprint density at radius 2 is 2.17 bits per heavy atom. The van der Waals surface area contributed by atoms with Crippen LogP contribution >= 0.6 is 15.9 Å². The predicted octanol–water partition coefficient (Wildman–Crippen LogP) is 4.10. The van der Waals surface area contributed by atoms with Gasteiger partial charge in [0, 0.05) is 22.3 Å². The summed E-state index contributed by atoms with van der Waals surface area (Å²) in [7, 11) is 0. The third-order valence-electron chi connectivity index (χ3n) is 3.06. The highest BCUT2D eigenvalue weighted by molar-refractivity contribution is 9.10. The maximum Gasteiger partial charge on any atom is 0.153 e. The van der Waals surface area contributed by atoms with Crippen molar-refractivity contribution in [2.45, 2.75) is 26.3 Å². The van der Waals surface area contributed by atoms with Gasteiger partial charge in [-0.15, -0.1) is 0 Å². The molecule has 0 bridgehead atoms. The van der Waals surface area contributed by atoms with E-state index in [4.69, 9.17) is 0 Å². The molecule has 2 aromatic rings. The van der Waals surface area contributed by atoms with Crippen molar-refractivity contribution in [3.05, 3.63) is 40.5 Å². The Kier molecular flexibility index (Phi) is 3.97. The lowest BCUT2D eigenvalue weighted by molar-refractivity contribution is 0.112. The highest BCUT2D eigenvalue weighted by atomic mass is 79.9. The molecule has 0 amide bonds. The van der Waals surface area contributed by atoms with E-state index < -0.39 is 0 Å². The summed E-state index contributed by atoms with van der Waals surface area (Å²) in [6, 6.07) is 8.09. The number of hydrogen-bond acceptors (Lipinski definition) is 2. The molecule has 0 N–H and O–H groups in total. The Hall–Kier alpha value is -1.42. The number of aromatic nitrogens is 2. The maximum absolute atomic E-state index is 11.2. The summed E-state index contributed by atoms with van der Waals surface area (Å²) in [5, 5.41) is 4.54. The summed E-state index contributed by atoms with van der Waals surface area (Å²) >= 11 is 3.49. The molecule has 0 spiro atoms. The molecule has 1 unspecified atom stereocenters. The molecule has 0 aliphatic heterocycles. The van der Waals surface area contributed by atoms with Crippen molar-refractivity contribution in [2.75, 3.05) is 0 Å². The van der Waals surface area contributed by atoms with Gasteiger partial charge in [-0.1, -0.05) is 41.1 Å². The van der Waals surface area contributed by atoms with Crippen LogP contribution < -0.4 is 0 Å². The SMILES string of the molecule is CCC(C)n1cc(C=O)c(-c2ccccc2Br)n1. The van der Waals surface area contributed by atoms with Gasteiger partial charge in [0.05, 0.1) is 5.56 Å². The van der Waals surface area contributed by atoms with Crippen LogP contribution in [0, 0.1) is 0 Å². The Morgan fingerprint density at radius 3 is 2.78 bits per heavy atom. The highest BCUT2D eigenvalue weighted by Crippen LogP contribution is 2.29. The standard InChI is InChI=1S/C14H15BrN2O/c1-3-10(2)17-8-11(9-18)14(16-17)12-6-4-5-7-13(12)15/h4-10H,3H2,1-2H3. The van der Waals surface area contributed by atoms with E-state index in [1.807, 2.05) is 35.1 Å². The van der Waals surface area contributed by atoms with E-state index in [9.17, 15) is 4.79 Å². The summed E-state index contributed by atoms with van der Waals surface area (Å²) < 4.78 is 2.81. The molecule has 2 rings (SSSR count). The molecule has 94 valence electrons. The van der Waals surface area contributed by atoms with Gasteiger partial charge in [0.2, 0.25) is 0 Å². The minimum atomic E-state index is 0.292. The zero-order valence-corrected chi connectivity index (χ0v) is 12.0. The molecule has 18 heavy (non-hydrogen) atoms. The smallest absolute Gasteiger partial charge is 0.153 e. The molecule has 0 aliphatic carbocycles. The summed E-state index contributed by atoms with van der Waals surface area (Å²) in [6.07, 6.45) is 3.66. The molecule has 3 nitrogen and oxygen atoms in total. The number of carbonyl (C=O) groups excluding carboxylic acids is 1. The van der Waals surface area contributed by atoms with E-state index in [0.717, 1.165) is 28.4 Å². The molecule has 1 heterocycles. The van der Waals surface area contributed by atoms with Crippen molar-refractivity contribution >= 4 is 22.2 Å². The largest absolute Gasteiger partial charge is 0.298 e. The first-order valence-electron chi connectivity index (χ1n) is 5.96. The molecule has 0 saturated carbocycles. The summed E-state index contributed by atoms with van der Waals surface area (Å²) in [6.45, 7) is 4.19. The molecule has 0 fully saturated rings. The van der Waals surface area contributed by atoms with Crippen LogP contribution in [-0.4, -0.2) is 16.1 Å². The average Bonchev–Trinajstić information content (AvgIpc) is 2.82. The number of carbonyl (C=O) groups is 1. The van der Waals surface area contributed by atoms with Gasteiger partial charge in [0.25, 0.3) is 0 Å². The van der Waals surface area contributed by atoms with Crippen LogP contribution in [0.2, 0.25) is 0 Å². The Labute approximate surface area is 115 Å². The topological polar surface area (TPSA) is 34.9 Å². The minimum Gasteiger partial charge on any atom is -0.298 e. The molecule has 1 atom stereocenters. The molecule has 1 aromatic heterocycles. The second-order valence-electron chi connectivity index (χ2n) is 4.27. The second kappa shape index (κ2) is 5.48. The molecular formula is C14H15BrN2O. The monoisotopic (exact) mass is 306 g/mol. The van der Waals surface area contributed by atoms with Crippen LogP contribution in [0.1, 0.15) is 36.7 Å². The molecule has 0 saturated heterocycles. The number of benzene rings is 1. The lowest BCUT2D eigenvalue weighted by Crippen LogP contribution is -2.04. The molecule has 4 heteroatoms. The number of aldehydes is 1. The van der Waals surface area contributed by atoms with E-state index in [1.54, 1.807) is 0 Å². The number of hydrogen-bond donors (Lipinski definition) is 0. The van der Waals surface area contributed by atoms with E-state index in [-0.39, 0.29) is 0 Å². The Balaban J connectivity index is 2.54. The predicted molar refractivity (Wildman–Crippen MR) is 75.8 cm³/mol. The third-order valence-corrected chi connectivity index (χ3v) is 3.75. The van der Waals surface area contributed by atoms with Crippen LogP contribution in [0.3, 0.4) is 0 Å². The quantitative estimate of drug-likeness (QED) is 0.797. The van der Waals surface area contributed by atoms with E-state index in [1.165, 1.54) is 0 Å². The first kappa shape index (κ1) is 13.0. The fraction of sp³-hybridized carbons (Fsp3) is 0.286. The van der Waals surface area contributed by atoms with Crippen molar-refractivity contribution in [3.8, 4) is 11.3 Å². The summed E-state index contributed by atoms with van der Waals surface area (Å²) in [5.74, 6) is 0. The number of rotatable bonds is 4. The minimum absolute atomic E-state index is 0.292. The molecular weight excluding hydrogens is 292 g/mol. The second-order valence-corrected chi connectivity index (χ2v) is 5.12. The number of nitrogens with zero attached hydrogens (tertiary/aromatic N) is 2. The van der Waals surface area contributed by atoms with Gasteiger partial charge >= 0.3 is 0 Å². The van der Waals surface area contributed by atoms with Crippen molar-refractivity contribution in [3.63, 3.8) is 0 Å². The maximum atomic E-state index is 11.2. The first-order chi connectivity index (χ1) is 8.67. The van der Waals surface area contributed by atoms with Crippen molar-refractivity contribution in [1.29, 1.82) is 0 Å². The third kappa shape index (κ3) is 2.38.